The van der Waals surface area contributed by atoms with Crippen molar-refractivity contribution in [3.63, 3.8) is 0 Å². The van der Waals surface area contributed by atoms with Gasteiger partial charge in [-0.05, 0) is 26.0 Å². The predicted molar refractivity (Wildman–Crippen MR) is 196 cm³/mol. The summed E-state index contributed by atoms with van der Waals surface area (Å²) in [5.74, 6) is -7.18. The Balaban J connectivity index is 2.03. The van der Waals surface area contributed by atoms with Crippen LogP contribution < -0.4 is 39.3 Å². The van der Waals surface area contributed by atoms with Crippen LogP contribution in [-0.4, -0.2) is 35.8 Å². The molecule has 0 bridgehead atoms. The van der Waals surface area contributed by atoms with E-state index in [9.17, 15) is 38.4 Å². The summed E-state index contributed by atoms with van der Waals surface area (Å²) in [4.78, 5) is 103. The molecular weight excluding hydrogens is 736 g/mol. The number of benzene rings is 4. The van der Waals surface area contributed by atoms with Gasteiger partial charge in [-0.2, -0.15) is 0 Å². The van der Waals surface area contributed by atoms with Crippen molar-refractivity contribution < 1.29 is 66.0 Å². The number of hydrogen-bond acceptors (Lipinski definition) is 16. The molecule has 0 aliphatic heterocycles. The largest absolute Gasteiger partial charge is 0.461 e. The van der Waals surface area contributed by atoms with E-state index in [1.54, 1.807) is 0 Å². The zero-order valence-corrected chi connectivity index (χ0v) is 31.0. The number of hydrogen-bond donors (Lipinski definition) is 0. The molecule has 2 heterocycles. The monoisotopic (exact) mass is 766 g/mol. The molecule has 16 heteroatoms. The third kappa shape index (κ3) is 7.14. The number of carbonyl (C=O) groups is 6. The van der Waals surface area contributed by atoms with Gasteiger partial charge in [-0.1, -0.05) is 0 Å². The molecule has 0 fully saturated rings. The fourth-order valence-electron chi connectivity index (χ4n) is 6.44. The van der Waals surface area contributed by atoms with E-state index in [1.165, 1.54) is 26.0 Å². The lowest BCUT2D eigenvalue weighted by Gasteiger charge is -2.23. The highest BCUT2D eigenvalue weighted by atomic mass is 16.6. The van der Waals surface area contributed by atoms with Crippen LogP contribution >= 0.6 is 0 Å². The maximum absolute atomic E-state index is 13.5. The third-order valence-corrected chi connectivity index (χ3v) is 8.00. The minimum Gasteiger partial charge on any atom is -0.461 e. The molecule has 0 unspecified atom stereocenters. The second kappa shape index (κ2) is 14.5. The number of fused-ring (bicyclic) bond motifs is 4. The molecule has 6 aromatic rings. The fraction of sp³-hybridized carbons (Fsp3) is 0.200. The van der Waals surface area contributed by atoms with Crippen LogP contribution in [0.25, 0.3) is 54.6 Å². The van der Waals surface area contributed by atoms with Gasteiger partial charge in [-0.15, -0.1) is 0 Å². The SMILES string of the molecule is CC(=O)Oc1cc(OC(C)=O)c2c(OC(C)=O)c3c(=O)cc(C)oc3cc2c1-c1c(OC(C)=O)cc(OC(C)=O)c2c(OC(C)=O)c3c(=O)cc(C)oc3cc12. The number of ether oxygens (including phenoxy) is 6. The van der Waals surface area contributed by atoms with Crippen molar-refractivity contribution in [1.82, 2.24) is 0 Å². The van der Waals surface area contributed by atoms with Gasteiger partial charge in [0.25, 0.3) is 0 Å². The van der Waals surface area contributed by atoms with Crippen LogP contribution in [-0.2, 0) is 28.8 Å². The molecule has 0 amide bonds. The molecule has 4 aromatic carbocycles. The minimum atomic E-state index is -0.891. The van der Waals surface area contributed by atoms with Gasteiger partial charge in [0.2, 0.25) is 0 Å². The molecule has 0 aliphatic rings. The summed E-state index contributed by atoms with van der Waals surface area (Å²) in [5, 5.41) is -0.972. The highest BCUT2D eigenvalue weighted by Gasteiger charge is 2.32. The van der Waals surface area contributed by atoms with E-state index in [-0.39, 0.29) is 89.1 Å². The number of aryl methyl sites for hydroxylation is 2. The zero-order chi connectivity index (χ0) is 40.9. The van der Waals surface area contributed by atoms with Crippen LogP contribution in [0.5, 0.6) is 34.5 Å². The predicted octanol–water partition coefficient (Wildman–Crippen LogP) is 6.04. The summed E-state index contributed by atoms with van der Waals surface area (Å²) in [6.07, 6.45) is 0. The Labute approximate surface area is 314 Å². The van der Waals surface area contributed by atoms with Crippen LogP contribution in [0, 0.1) is 13.8 Å². The molecule has 0 spiro atoms. The van der Waals surface area contributed by atoms with Crippen LogP contribution in [0.1, 0.15) is 53.1 Å². The van der Waals surface area contributed by atoms with E-state index in [1.807, 2.05) is 0 Å². The molecule has 0 saturated heterocycles. The van der Waals surface area contributed by atoms with Crippen LogP contribution in [0.15, 0.2) is 54.8 Å². The van der Waals surface area contributed by atoms with E-state index in [4.69, 9.17) is 37.3 Å². The van der Waals surface area contributed by atoms with Gasteiger partial charge in [0.05, 0.1) is 10.8 Å². The summed E-state index contributed by atoms with van der Waals surface area (Å²) in [6.45, 7) is 9.43. The van der Waals surface area contributed by atoms with Gasteiger partial charge in [-0.25, -0.2) is 0 Å². The Hall–Kier alpha value is -7.36. The third-order valence-electron chi connectivity index (χ3n) is 8.00. The molecule has 0 aliphatic carbocycles. The fourth-order valence-corrected chi connectivity index (χ4v) is 6.44. The van der Waals surface area contributed by atoms with Crippen LogP contribution in [0.4, 0.5) is 0 Å². The Kier molecular flexibility index (Phi) is 9.91. The number of rotatable bonds is 7. The molecule has 6 rings (SSSR count). The van der Waals surface area contributed by atoms with Gasteiger partial charge in [0.1, 0.15) is 56.5 Å². The van der Waals surface area contributed by atoms with Gasteiger partial charge in [0, 0.05) is 87.7 Å². The molecule has 0 radical (unpaired) electrons. The van der Waals surface area contributed by atoms with Crippen molar-refractivity contribution in [1.29, 1.82) is 0 Å². The van der Waals surface area contributed by atoms with Crippen molar-refractivity contribution >= 4 is 79.3 Å². The molecule has 0 saturated carbocycles. The van der Waals surface area contributed by atoms with Crippen LogP contribution in [0.3, 0.4) is 0 Å². The lowest BCUT2D eigenvalue weighted by atomic mass is 9.89. The summed E-state index contributed by atoms with van der Waals surface area (Å²) in [6, 6.07) is 7.16. The maximum atomic E-state index is 13.5. The van der Waals surface area contributed by atoms with Gasteiger partial charge in [-0.3, -0.25) is 38.4 Å². The lowest BCUT2D eigenvalue weighted by molar-refractivity contribution is -0.133. The van der Waals surface area contributed by atoms with Gasteiger partial charge >= 0.3 is 35.8 Å². The summed E-state index contributed by atoms with van der Waals surface area (Å²) < 4.78 is 45.7. The number of carbonyl (C=O) groups excluding carboxylic acids is 6. The molecule has 16 nitrogen and oxygen atoms in total. The Morgan fingerprint density at radius 3 is 1.02 bits per heavy atom. The van der Waals surface area contributed by atoms with Crippen molar-refractivity contribution in [3.8, 4) is 45.6 Å². The molecule has 2 aromatic heterocycles. The molecule has 56 heavy (non-hydrogen) atoms. The number of esters is 6. The van der Waals surface area contributed by atoms with Crippen molar-refractivity contribution in [2.45, 2.75) is 55.4 Å². The first-order chi connectivity index (χ1) is 26.3. The average molecular weight is 767 g/mol. The van der Waals surface area contributed by atoms with Crippen molar-refractivity contribution in [2.75, 3.05) is 0 Å². The summed E-state index contributed by atoms with van der Waals surface area (Å²) >= 11 is 0. The van der Waals surface area contributed by atoms with E-state index in [2.05, 4.69) is 0 Å². The topological polar surface area (TPSA) is 218 Å². The standard InChI is InChI=1S/C40H30O16/c1-15-9-25(47)37-27(49-15)11-23-33(29(51-17(3)41)13-31(53-19(5)43)35(23)39(37)55-21(7)45)34-24-12-28-38(26(48)10-16(2)50-28)40(56-22(8)46)36(24)32(54-20(6)44)14-30(34)52-18(4)42/h9-14H,1-8H3. The molecule has 286 valence electrons. The summed E-state index contributed by atoms with van der Waals surface area (Å²) in [5.41, 5.74) is -1.86. The average Bonchev–Trinajstić information content (AvgIpc) is 3.03. The molecule has 0 N–H and O–H groups in total. The van der Waals surface area contributed by atoms with E-state index in [0.717, 1.165) is 65.8 Å². The lowest BCUT2D eigenvalue weighted by Crippen LogP contribution is -2.12. The Bertz CT molecular complexity index is 2700. The van der Waals surface area contributed by atoms with Crippen molar-refractivity contribution in [3.05, 3.63) is 68.4 Å². The Morgan fingerprint density at radius 1 is 0.411 bits per heavy atom. The second-order valence-electron chi connectivity index (χ2n) is 12.5. The van der Waals surface area contributed by atoms with E-state index in [0.29, 0.717) is 0 Å². The van der Waals surface area contributed by atoms with E-state index >= 15 is 0 Å². The van der Waals surface area contributed by atoms with Gasteiger partial charge in [0.15, 0.2) is 22.4 Å². The summed E-state index contributed by atoms with van der Waals surface area (Å²) in [7, 11) is 0. The smallest absolute Gasteiger partial charge is 0.308 e. The second-order valence-corrected chi connectivity index (χ2v) is 12.5. The highest BCUT2D eigenvalue weighted by Crippen LogP contribution is 2.55. The van der Waals surface area contributed by atoms with E-state index < -0.39 is 58.2 Å². The first-order valence-corrected chi connectivity index (χ1v) is 16.6. The van der Waals surface area contributed by atoms with Crippen molar-refractivity contribution in [2.24, 2.45) is 0 Å². The quantitative estimate of drug-likeness (QED) is 0.103. The molecular formula is C40H30O16. The highest BCUT2D eigenvalue weighted by molar-refractivity contribution is 6.21. The first kappa shape index (κ1) is 38.4. The first-order valence-electron chi connectivity index (χ1n) is 16.6. The normalized spacial score (nSPS) is 11.1. The Morgan fingerprint density at radius 2 is 0.714 bits per heavy atom. The zero-order valence-electron chi connectivity index (χ0n) is 31.0. The van der Waals surface area contributed by atoms with Crippen LogP contribution in [0.2, 0.25) is 0 Å². The van der Waals surface area contributed by atoms with Gasteiger partial charge < -0.3 is 37.3 Å². The minimum absolute atomic E-state index is 0.0766. The maximum Gasteiger partial charge on any atom is 0.308 e. The molecule has 0 atom stereocenters.